The van der Waals surface area contributed by atoms with Gasteiger partial charge in [-0.2, -0.15) is 0 Å². The van der Waals surface area contributed by atoms with Gasteiger partial charge in [-0.25, -0.2) is 4.39 Å². The fourth-order valence-corrected chi connectivity index (χ4v) is 5.92. The average molecular weight is 461 g/mol. The van der Waals surface area contributed by atoms with E-state index < -0.39 is 0 Å². The third-order valence-corrected chi connectivity index (χ3v) is 7.85. The molecule has 0 aromatic heterocycles. The highest BCUT2D eigenvalue weighted by molar-refractivity contribution is 7.99. The fourth-order valence-electron chi connectivity index (χ4n) is 4.97. The van der Waals surface area contributed by atoms with Crippen LogP contribution in [0, 0.1) is 12.7 Å². The third kappa shape index (κ3) is 4.99. The normalized spacial score (nSPS) is 19.6. The highest BCUT2D eigenvalue weighted by atomic mass is 32.2. The lowest BCUT2D eigenvalue weighted by Gasteiger charge is -2.35. The van der Waals surface area contributed by atoms with Crippen molar-refractivity contribution in [3.8, 4) is 0 Å². The first-order valence-corrected chi connectivity index (χ1v) is 12.5. The molecular weight excluding hydrogens is 431 g/mol. The third-order valence-electron chi connectivity index (χ3n) is 6.78. The predicted molar refractivity (Wildman–Crippen MR) is 133 cm³/mol. The van der Waals surface area contributed by atoms with E-state index in [2.05, 4.69) is 59.6 Å². The lowest BCUT2D eigenvalue weighted by Crippen LogP contribution is -2.42. The van der Waals surface area contributed by atoms with Crippen molar-refractivity contribution in [3.63, 3.8) is 0 Å². The van der Waals surface area contributed by atoms with Crippen LogP contribution in [0.2, 0.25) is 0 Å². The summed E-state index contributed by atoms with van der Waals surface area (Å²) in [5.41, 5.74) is 4.60. The van der Waals surface area contributed by atoms with Crippen LogP contribution in [0.1, 0.15) is 46.7 Å². The molecule has 170 valence electrons. The Kier molecular flexibility index (Phi) is 6.52. The van der Waals surface area contributed by atoms with Crippen molar-refractivity contribution in [2.75, 3.05) is 25.0 Å². The van der Waals surface area contributed by atoms with Gasteiger partial charge in [0.05, 0.1) is 5.69 Å². The van der Waals surface area contributed by atoms with Crippen molar-refractivity contribution in [2.24, 2.45) is 0 Å². The molecule has 0 amide bonds. The smallest absolute Gasteiger partial charge is 0.162 e. The summed E-state index contributed by atoms with van der Waals surface area (Å²) in [5.74, 6) is 0.274. The van der Waals surface area contributed by atoms with Crippen molar-refractivity contribution in [1.29, 1.82) is 0 Å². The maximum atomic E-state index is 13.1. The van der Waals surface area contributed by atoms with Crippen molar-refractivity contribution in [1.82, 2.24) is 4.90 Å². The van der Waals surface area contributed by atoms with Gasteiger partial charge in [-0.15, -0.1) is 0 Å². The number of hydrogen-bond acceptors (Lipinski definition) is 4. The molecule has 3 nitrogen and oxygen atoms in total. The van der Waals surface area contributed by atoms with Gasteiger partial charge in [0.1, 0.15) is 5.82 Å². The number of nitrogens with one attached hydrogen (secondary N) is 1. The van der Waals surface area contributed by atoms with Gasteiger partial charge in [-0.05, 0) is 74.3 Å². The molecule has 0 radical (unpaired) electrons. The maximum Gasteiger partial charge on any atom is 0.162 e. The maximum absolute atomic E-state index is 13.1. The number of aryl methyl sites for hydroxylation is 1. The van der Waals surface area contributed by atoms with E-state index in [1.54, 1.807) is 12.1 Å². The monoisotopic (exact) mass is 460 g/mol. The molecular formula is C28H29FN2OS. The molecule has 1 saturated heterocycles. The largest absolute Gasteiger partial charge is 0.380 e. The van der Waals surface area contributed by atoms with Crippen molar-refractivity contribution in [3.05, 3.63) is 89.2 Å². The van der Waals surface area contributed by atoms with Crippen LogP contribution in [-0.2, 0) is 0 Å². The van der Waals surface area contributed by atoms with Crippen LogP contribution >= 0.6 is 11.8 Å². The summed E-state index contributed by atoms with van der Waals surface area (Å²) in [6.45, 7) is 5.11. The first kappa shape index (κ1) is 22.2. The van der Waals surface area contributed by atoms with Crippen LogP contribution in [0.15, 0.2) is 76.5 Å². The minimum atomic E-state index is -0.305. The van der Waals surface area contributed by atoms with Crippen LogP contribution in [0.25, 0.3) is 0 Å². The zero-order chi connectivity index (χ0) is 22.8. The van der Waals surface area contributed by atoms with Crippen LogP contribution in [0.3, 0.4) is 0 Å². The van der Waals surface area contributed by atoms with Gasteiger partial charge in [-0.3, -0.25) is 4.79 Å². The van der Waals surface area contributed by atoms with E-state index in [4.69, 9.17) is 0 Å². The van der Waals surface area contributed by atoms with Gasteiger partial charge in [0.2, 0.25) is 0 Å². The van der Waals surface area contributed by atoms with E-state index in [1.165, 1.54) is 38.7 Å². The van der Waals surface area contributed by atoms with E-state index in [1.807, 2.05) is 11.8 Å². The number of ketones is 1. The number of likely N-dealkylation sites (tertiary alicyclic amines) is 1. The molecule has 3 aromatic carbocycles. The van der Waals surface area contributed by atoms with Crippen molar-refractivity contribution in [2.45, 2.75) is 47.9 Å². The number of para-hydroxylation sites is 1. The SMILES string of the molecule is Cc1ccc(Sc2cccc3c2N[C@H]2CCN(CCCC(=O)c4ccc(F)cc4)CC32)cc1. The highest BCUT2D eigenvalue weighted by Gasteiger charge is 2.37. The number of halogens is 1. The zero-order valence-corrected chi connectivity index (χ0v) is 19.7. The molecule has 0 bridgehead atoms. The molecule has 0 spiro atoms. The zero-order valence-electron chi connectivity index (χ0n) is 18.9. The quantitative estimate of drug-likeness (QED) is 0.406. The second kappa shape index (κ2) is 9.70. The van der Waals surface area contributed by atoms with E-state index in [9.17, 15) is 9.18 Å². The number of anilines is 1. The molecule has 3 aromatic rings. The van der Waals surface area contributed by atoms with Crippen LogP contribution in [0.5, 0.6) is 0 Å². The number of hydrogen-bond donors (Lipinski definition) is 1. The summed E-state index contributed by atoms with van der Waals surface area (Å²) in [7, 11) is 0. The van der Waals surface area contributed by atoms with Crippen LogP contribution < -0.4 is 5.32 Å². The van der Waals surface area contributed by atoms with E-state index in [0.29, 0.717) is 23.9 Å². The molecule has 1 fully saturated rings. The molecule has 0 aliphatic carbocycles. The molecule has 2 heterocycles. The molecule has 0 saturated carbocycles. The van der Waals surface area contributed by atoms with Crippen molar-refractivity contribution < 1.29 is 9.18 Å². The molecule has 5 heteroatoms. The number of carbonyl (C=O) groups is 1. The Morgan fingerprint density at radius 1 is 1.09 bits per heavy atom. The Labute approximate surface area is 199 Å². The van der Waals surface area contributed by atoms with Gasteiger partial charge < -0.3 is 10.2 Å². The van der Waals surface area contributed by atoms with Gasteiger partial charge in [-0.1, -0.05) is 41.6 Å². The average Bonchev–Trinajstić information content (AvgIpc) is 3.20. The first-order chi connectivity index (χ1) is 16.1. The van der Waals surface area contributed by atoms with Crippen molar-refractivity contribution >= 4 is 23.2 Å². The van der Waals surface area contributed by atoms with Gasteiger partial charge in [0, 0.05) is 46.8 Å². The minimum absolute atomic E-state index is 0.0931. The Balaban J connectivity index is 1.20. The first-order valence-electron chi connectivity index (χ1n) is 11.7. The summed E-state index contributed by atoms with van der Waals surface area (Å²) in [5, 5.41) is 3.83. The summed E-state index contributed by atoms with van der Waals surface area (Å²) in [6, 6.07) is 21.7. The predicted octanol–water partition coefficient (Wildman–Crippen LogP) is 6.53. The molecule has 33 heavy (non-hydrogen) atoms. The van der Waals surface area contributed by atoms with Gasteiger partial charge >= 0.3 is 0 Å². The molecule has 5 rings (SSSR count). The summed E-state index contributed by atoms with van der Waals surface area (Å²) in [6.07, 6.45) is 2.44. The topological polar surface area (TPSA) is 32.3 Å². The van der Waals surface area contributed by atoms with Gasteiger partial charge in [0.15, 0.2) is 5.78 Å². The highest BCUT2D eigenvalue weighted by Crippen LogP contribution is 2.46. The number of piperidine rings is 1. The molecule has 2 aliphatic rings. The number of rotatable bonds is 7. The standard InChI is InChI=1S/C28H29FN2OS/c1-19-7-13-22(14-8-19)33-27-6-2-4-23-24-18-31(17-15-25(24)30-28(23)27)16-3-5-26(32)20-9-11-21(29)12-10-20/h2,4,6-14,24-25,30H,3,5,15-18H2,1H3/t24?,25-/m0/s1. The lowest BCUT2D eigenvalue weighted by molar-refractivity contribution is 0.0971. The number of benzene rings is 3. The summed E-state index contributed by atoms with van der Waals surface area (Å²) in [4.78, 5) is 17.4. The Morgan fingerprint density at radius 2 is 1.88 bits per heavy atom. The molecule has 2 aliphatic heterocycles. The second-order valence-corrected chi connectivity index (χ2v) is 10.2. The fraction of sp³-hybridized carbons (Fsp3) is 0.321. The van der Waals surface area contributed by atoms with Crippen LogP contribution in [0.4, 0.5) is 10.1 Å². The minimum Gasteiger partial charge on any atom is -0.380 e. The number of Topliss-reactive ketones (excluding diaryl/α,β-unsaturated/α-hetero) is 1. The van der Waals surface area contributed by atoms with Crippen LogP contribution in [-0.4, -0.2) is 36.4 Å². The number of fused-ring (bicyclic) bond motifs is 3. The molecule has 2 atom stereocenters. The van der Waals surface area contributed by atoms with E-state index in [-0.39, 0.29) is 11.6 Å². The Bertz CT molecular complexity index is 1130. The Hall–Kier alpha value is -2.63. The number of nitrogens with zero attached hydrogens (tertiary/aromatic N) is 1. The van der Waals surface area contributed by atoms with E-state index in [0.717, 1.165) is 32.5 Å². The Morgan fingerprint density at radius 3 is 2.67 bits per heavy atom. The number of carbonyl (C=O) groups excluding carboxylic acids is 1. The molecule has 1 unspecified atom stereocenters. The second-order valence-electron chi connectivity index (χ2n) is 9.12. The van der Waals surface area contributed by atoms with E-state index >= 15 is 0 Å². The summed E-state index contributed by atoms with van der Waals surface area (Å²) >= 11 is 1.83. The summed E-state index contributed by atoms with van der Waals surface area (Å²) < 4.78 is 13.1. The van der Waals surface area contributed by atoms with Gasteiger partial charge in [0.25, 0.3) is 0 Å². The molecule has 1 N–H and O–H groups in total. The lowest BCUT2D eigenvalue weighted by atomic mass is 9.89.